The Bertz CT molecular complexity index is 278. The van der Waals surface area contributed by atoms with Gasteiger partial charge in [-0.15, -0.1) is 0 Å². The van der Waals surface area contributed by atoms with E-state index in [1.165, 1.54) is 0 Å². The molecule has 0 bridgehead atoms. The number of aliphatic carboxylic acids is 2. The molecule has 0 unspecified atom stereocenters. The molecule has 1 radical (unpaired) electrons. The molecule has 13 heteroatoms. The van der Waals surface area contributed by atoms with Crippen LogP contribution in [-0.2, 0) is 26.7 Å². The van der Waals surface area contributed by atoms with E-state index in [-0.39, 0.29) is 17.1 Å². The Kier molecular flexibility index (Phi) is 9.87. The molecule has 0 amide bonds. The van der Waals surface area contributed by atoms with Gasteiger partial charge in [-0.3, -0.25) is 0 Å². The van der Waals surface area contributed by atoms with E-state index in [1.54, 1.807) is 0 Å². The second-order valence-electron chi connectivity index (χ2n) is 2.42. The van der Waals surface area contributed by atoms with Crippen molar-refractivity contribution in [1.82, 2.24) is 0 Å². The fourth-order valence-corrected chi connectivity index (χ4v) is 0.178. The monoisotopic (exact) mass is 353 g/mol. The van der Waals surface area contributed by atoms with Gasteiger partial charge >= 0.3 is 41.8 Å². The predicted molar refractivity (Wildman–Crippen MR) is 31.9 cm³/mol. The number of carboxylic acids is 2. The summed E-state index contributed by atoms with van der Waals surface area (Å²) in [6.07, 6.45) is -8.41. The first kappa shape index (κ1) is 23.0. The van der Waals surface area contributed by atoms with Crippen LogP contribution in [0.2, 0.25) is 0 Å². The van der Waals surface area contributed by atoms with Crippen LogP contribution in [-0.4, -0.2) is 36.6 Å². The minimum Gasteiger partial charge on any atom is -0.544 e. The van der Waals surface area contributed by atoms with Crippen LogP contribution in [0, 0.1) is 0 Å². The number of alkyl halides is 8. The minimum atomic E-state index is -5.03. The number of carbonyl (C=O) groups is 2. The maximum atomic E-state index is 11.3. The van der Waals surface area contributed by atoms with E-state index in [9.17, 15) is 35.1 Å². The molecule has 0 aliphatic heterocycles. The van der Waals surface area contributed by atoms with Crippen molar-refractivity contribution in [3.63, 3.8) is 0 Å². The quantitative estimate of drug-likeness (QED) is 0.493. The summed E-state index contributed by atoms with van der Waals surface area (Å²) in [7, 11) is 0. The molecule has 0 fully saturated rings. The zero-order chi connectivity index (χ0) is 15.3. The van der Waals surface area contributed by atoms with Crippen molar-refractivity contribution in [2.24, 2.45) is 0 Å². The van der Waals surface area contributed by atoms with Gasteiger partial charge in [-0.2, -0.15) is 17.6 Å². The third kappa shape index (κ3) is 7.15. The molecule has 0 aromatic rings. The van der Waals surface area contributed by atoms with Crippen molar-refractivity contribution in [2.45, 2.75) is 24.7 Å². The van der Waals surface area contributed by atoms with E-state index in [0.717, 1.165) is 0 Å². The molecular weight excluding hydrogens is 352 g/mol. The Hall–Kier alpha value is -1.10. The second kappa shape index (κ2) is 8.15. The predicted octanol–water partition coefficient (Wildman–Crippen LogP) is -0.729. The maximum absolute atomic E-state index is 11.3. The maximum Gasteiger partial charge on any atom is 2.00 e. The van der Waals surface area contributed by atoms with Gasteiger partial charge in [0, 0.05) is 0 Å². The van der Waals surface area contributed by atoms with Crippen LogP contribution in [0.1, 0.15) is 0 Å². The number of halogens is 8. The summed E-state index contributed by atoms with van der Waals surface area (Å²) in [6.45, 7) is 0. The average Bonchev–Trinajstić information content (AvgIpc) is 2.17. The van der Waals surface area contributed by atoms with E-state index >= 15 is 0 Å². The standard InChI is InChI=1S/2C3H2F4O2.Cu/c2*4-1(5)3(6,7)2(8)9;/h2*1H,(H,8,9);/q;;+2/p-2. The second-order valence-corrected chi connectivity index (χ2v) is 2.42. The largest absolute Gasteiger partial charge is 2.00 e. The molecule has 0 saturated heterocycles. The normalized spacial score (nSPS) is 11.5. The first-order valence-corrected chi connectivity index (χ1v) is 3.52. The molecule has 0 aliphatic rings. The van der Waals surface area contributed by atoms with Gasteiger partial charge in [0.2, 0.25) is 0 Å². The van der Waals surface area contributed by atoms with E-state index in [0.29, 0.717) is 0 Å². The third-order valence-corrected chi connectivity index (χ3v) is 1.09. The summed E-state index contributed by atoms with van der Waals surface area (Å²) in [4.78, 5) is 18.2. The summed E-state index contributed by atoms with van der Waals surface area (Å²) < 4.78 is 88.6. The van der Waals surface area contributed by atoms with Gasteiger partial charge in [0.25, 0.3) is 0 Å². The van der Waals surface area contributed by atoms with Crippen LogP contribution in [0.25, 0.3) is 0 Å². The number of carboxylic acid groups (broad SMARTS) is 2. The zero-order valence-electron chi connectivity index (χ0n) is 8.11. The minimum absolute atomic E-state index is 0. The molecule has 0 rings (SSSR count). The Morgan fingerprint density at radius 1 is 0.737 bits per heavy atom. The fraction of sp³-hybridized carbons (Fsp3) is 0.667. The molecular formula is C6H2CuF8O4. The van der Waals surface area contributed by atoms with E-state index in [4.69, 9.17) is 19.8 Å². The Balaban J connectivity index is -0.000000256. The van der Waals surface area contributed by atoms with E-state index < -0.39 is 36.6 Å². The van der Waals surface area contributed by atoms with Crippen molar-refractivity contribution in [1.29, 1.82) is 0 Å². The van der Waals surface area contributed by atoms with Crippen LogP contribution in [0.15, 0.2) is 0 Å². The van der Waals surface area contributed by atoms with Crippen molar-refractivity contribution >= 4 is 11.9 Å². The Morgan fingerprint density at radius 2 is 0.895 bits per heavy atom. The van der Waals surface area contributed by atoms with Crippen LogP contribution >= 0.6 is 0 Å². The molecule has 117 valence electrons. The van der Waals surface area contributed by atoms with Gasteiger partial charge < -0.3 is 19.8 Å². The molecule has 0 atom stereocenters. The molecule has 0 saturated carbocycles. The van der Waals surface area contributed by atoms with Gasteiger partial charge in [-0.25, -0.2) is 17.6 Å². The van der Waals surface area contributed by atoms with Gasteiger partial charge in [0.15, 0.2) is 0 Å². The first-order valence-electron chi connectivity index (χ1n) is 3.52. The fourth-order valence-electron chi connectivity index (χ4n) is 0.178. The van der Waals surface area contributed by atoms with Crippen LogP contribution in [0.5, 0.6) is 0 Å². The average molecular weight is 354 g/mol. The molecule has 0 spiro atoms. The molecule has 4 nitrogen and oxygen atoms in total. The van der Waals surface area contributed by atoms with Gasteiger partial charge in [-0.1, -0.05) is 0 Å². The Morgan fingerprint density at radius 3 is 0.895 bits per heavy atom. The Labute approximate surface area is 109 Å². The van der Waals surface area contributed by atoms with Gasteiger partial charge in [0.1, 0.15) is 11.9 Å². The molecule has 0 aromatic carbocycles. The number of carbonyl (C=O) groups excluding carboxylic acids is 2. The van der Waals surface area contributed by atoms with Gasteiger partial charge in [0.05, 0.1) is 0 Å². The van der Waals surface area contributed by atoms with E-state index in [2.05, 4.69) is 0 Å². The first-order chi connectivity index (χ1) is 7.77. The molecule has 19 heavy (non-hydrogen) atoms. The summed E-state index contributed by atoms with van der Waals surface area (Å²) >= 11 is 0. The summed E-state index contributed by atoms with van der Waals surface area (Å²) in [5, 5.41) is 18.2. The number of hydrogen-bond donors (Lipinski definition) is 0. The SMILES string of the molecule is O=C([O-])C(F)(F)C(F)F.O=C([O-])C(F)(F)C(F)F.[Cu+2]. The summed E-state index contributed by atoms with van der Waals surface area (Å²) in [5.41, 5.74) is 0. The van der Waals surface area contributed by atoms with Crippen LogP contribution < -0.4 is 10.2 Å². The molecule has 0 N–H and O–H groups in total. The van der Waals surface area contributed by atoms with Crippen molar-refractivity contribution in [3.05, 3.63) is 0 Å². The smallest absolute Gasteiger partial charge is 0.544 e. The van der Waals surface area contributed by atoms with Crippen molar-refractivity contribution in [2.75, 3.05) is 0 Å². The molecule has 0 aromatic heterocycles. The number of hydrogen-bond acceptors (Lipinski definition) is 4. The van der Waals surface area contributed by atoms with Gasteiger partial charge in [-0.05, 0) is 0 Å². The van der Waals surface area contributed by atoms with Crippen LogP contribution in [0.3, 0.4) is 0 Å². The molecule has 0 aliphatic carbocycles. The molecule has 0 heterocycles. The van der Waals surface area contributed by atoms with E-state index in [1.807, 2.05) is 0 Å². The summed E-state index contributed by atoms with van der Waals surface area (Å²) in [6, 6.07) is 0. The summed E-state index contributed by atoms with van der Waals surface area (Å²) in [5.74, 6) is -16.2. The third-order valence-electron chi connectivity index (χ3n) is 1.09. The van der Waals surface area contributed by atoms with Crippen molar-refractivity contribution in [3.8, 4) is 0 Å². The topological polar surface area (TPSA) is 80.3 Å². The van der Waals surface area contributed by atoms with Crippen molar-refractivity contribution < 1.29 is 72.0 Å². The zero-order valence-corrected chi connectivity index (χ0v) is 9.05. The number of rotatable bonds is 4. The van der Waals surface area contributed by atoms with Crippen LogP contribution in [0.4, 0.5) is 35.1 Å².